The van der Waals surface area contributed by atoms with Gasteiger partial charge >= 0.3 is 5.97 Å². The van der Waals surface area contributed by atoms with Crippen molar-refractivity contribution in [3.05, 3.63) is 75.2 Å². The van der Waals surface area contributed by atoms with Crippen molar-refractivity contribution in [2.45, 2.75) is 12.3 Å². The van der Waals surface area contributed by atoms with Crippen molar-refractivity contribution in [1.82, 2.24) is 0 Å². The van der Waals surface area contributed by atoms with E-state index in [1.54, 1.807) is 6.07 Å². The first-order chi connectivity index (χ1) is 13.3. The number of rotatable bonds is 3. The van der Waals surface area contributed by atoms with Crippen molar-refractivity contribution in [2.75, 3.05) is 5.32 Å². The van der Waals surface area contributed by atoms with Crippen molar-refractivity contribution >= 4 is 28.9 Å². The number of anilines is 1. The highest BCUT2D eigenvalue weighted by atomic mass is 32.1. The maximum atomic E-state index is 13.7. The van der Waals surface area contributed by atoms with Gasteiger partial charge in [-0.1, -0.05) is 18.2 Å². The number of carboxylic acid groups (broad SMARTS) is 1. The number of thiophene rings is 1. The van der Waals surface area contributed by atoms with Crippen LogP contribution in [0.2, 0.25) is 0 Å². The van der Waals surface area contributed by atoms with Gasteiger partial charge in [0.05, 0.1) is 5.69 Å². The van der Waals surface area contributed by atoms with Crippen molar-refractivity contribution in [3.63, 3.8) is 0 Å². The molecule has 4 nitrogen and oxygen atoms in total. The average molecular weight is 403 g/mol. The van der Waals surface area contributed by atoms with Gasteiger partial charge in [0.15, 0.2) is 11.6 Å². The Morgan fingerprint density at radius 1 is 1.11 bits per heavy atom. The second-order valence-corrected chi connectivity index (χ2v) is 7.39. The van der Waals surface area contributed by atoms with E-state index in [9.17, 15) is 27.9 Å². The number of benzene rings is 2. The van der Waals surface area contributed by atoms with Gasteiger partial charge in [-0.2, -0.15) is 0 Å². The summed E-state index contributed by atoms with van der Waals surface area (Å²) < 4.78 is 40.7. The van der Waals surface area contributed by atoms with Crippen LogP contribution in [-0.2, 0) is 4.79 Å². The summed E-state index contributed by atoms with van der Waals surface area (Å²) in [4.78, 5) is 24.5. The Morgan fingerprint density at radius 2 is 1.89 bits per heavy atom. The first kappa shape index (κ1) is 18.2. The Bertz CT molecular complexity index is 1130. The standard InChI is InChI=1S/C20H12F3NO3S/c21-11-3-1-2-10(6-11)16-17-18(28-19(16)20(26)27)12(8-15(25)24-17)9-4-5-13(22)14(23)7-9/h1-7,12H,8H2,(H,24,25)(H,26,27)/t12-/m0/s1. The minimum absolute atomic E-state index is 0.0414. The third-order valence-electron chi connectivity index (χ3n) is 4.56. The fourth-order valence-corrected chi connectivity index (χ4v) is 4.60. The summed E-state index contributed by atoms with van der Waals surface area (Å²) in [6, 6.07) is 8.74. The molecule has 2 N–H and O–H groups in total. The molecule has 0 spiro atoms. The zero-order valence-electron chi connectivity index (χ0n) is 14.1. The normalized spacial score (nSPS) is 15.8. The molecule has 3 aromatic rings. The monoisotopic (exact) mass is 403 g/mol. The molecule has 0 fully saturated rings. The summed E-state index contributed by atoms with van der Waals surface area (Å²) >= 11 is 0.933. The average Bonchev–Trinajstić information content (AvgIpc) is 3.03. The topological polar surface area (TPSA) is 66.4 Å². The number of amides is 1. The van der Waals surface area contributed by atoms with E-state index in [0.29, 0.717) is 16.0 Å². The molecule has 0 saturated heterocycles. The highest BCUT2D eigenvalue weighted by molar-refractivity contribution is 7.15. The predicted octanol–water partition coefficient (Wildman–Crippen LogP) is 5.00. The van der Waals surface area contributed by atoms with Crippen molar-refractivity contribution in [3.8, 4) is 11.1 Å². The minimum atomic E-state index is -1.23. The molecule has 0 bridgehead atoms. The molecule has 1 atom stereocenters. The van der Waals surface area contributed by atoms with Gasteiger partial charge in [-0.05, 0) is 35.4 Å². The summed E-state index contributed by atoms with van der Waals surface area (Å²) in [5, 5.41) is 12.3. The number of halogens is 3. The minimum Gasteiger partial charge on any atom is -0.477 e. The molecular weight excluding hydrogens is 391 g/mol. The van der Waals surface area contributed by atoms with E-state index < -0.39 is 35.2 Å². The first-order valence-corrected chi connectivity index (χ1v) is 9.07. The van der Waals surface area contributed by atoms with Crippen molar-refractivity contribution < 1.29 is 27.9 Å². The number of carbonyl (C=O) groups is 2. The smallest absolute Gasteiger partial charge is 0.346 e. The van der Waals surface area contributed by atoms with Gasteiger partial charge in [0, 0.05) is 22.8 Å². The third-order valence-corrected chi connectivity index (χ3v) is 5.85. The summed E-state index contributed by atoms with van der Waals surface area (Å²) in [5.74, 6) is -4.86. The number of aromatic carboxylic acids is 1. The molecule has 1 aliphatic heterocycles. The molecule has 0 unspecified atom stereocenters. The fourth-order valence-electron chi connectivity index (χ4n) is 3.36. The Hall–Kier alpha value is -3.13. The second-order valence-electron chi connectivity index (χ2n) is 6.34. The molecule has 1 aromatic heterocycles. The van der Waals surface area contributed by atoms with Crippen LogP contribution in [0.1, 0.15) is 32.5 Å². The number of carboxylic acids is 1. The molecule has 1 aliphatic rings. The highest BCUT2D eigenvalue weighted by Gasteiger charge is 2.34. The molecule has 0 radical (unpaired) electrons. The third kappa shape index (κ3) is 3.05. The number of nitrogens with one attached hydrogen (secondary N) is 1. The Kier molecular flexibility index (Phi) is 4.43. The Balaban J connectivity index is 1.94. The van der Waals surface area contributed by atoms with Crippen LogP contribution in [0.5, 0.6) is 0 Å². The summed E-state index contributed by atoms with van der Waals surface area (Å²) in [7, 11) is 0. The molecular formula is C20H12F3NO3S. The number of fused-ring (bicyclic) bond motifs is 1. The van der Waals surface area contributed by atoms with Crippen molar-refractivity contribution in [2.24, 2.45) is 0 Å². The summed E-state index contributed by atoms with van der Waals surface area (Å²) in [6.07, 6.45) is -0.0414. The lowest BCUT2D eigenvalue weighted by Gasteiger charge is -2.24. The fraction of sp³-hybridized carbons (Fsp3) is 0.100. The number of hydrogen-bond donors (Lipinski definition) is 2. The van der Waals surface area contributed by atoms with Crippen LogP contribution < -0.4 is 5.32 Å². The van der Waals surface area contributed by atoms with Crippen LogP contribution in [0, 0.1) is 17.5 Å². The van der Waals surface area contributed by atoms with Crippen LogP contribution in [0.4, 0.5) is 18.9 Å². The van der Waals surface area contributed by atoms with Crippen LogP contribution in [-0.4, -0.2) is 17.0 Å². The lowest BCUT2D eigenvalue weighted by molar-refractivity contribution is -0.116. The van der Waals surface area contributed by atoms with Crippen LogP contribution >= 0.6 is 11.3 Å². The van der Waals surface area contributed by atoms with E-state index in [-0.39, 0.29) is 22.5 Å². The van der Waals surface area contributed by atoms with Gasteiger partial charge in [0.2, 0.25) is 5.91 Å². The van der Waals surface area contributed by atoms with E-state index in [1.165, 1.54) is 24.3 Å². The van der Waals surface area contributed by atoms with E-state index in [0.717, 1.165) is 23.5 Å². The Morgan fingerprint density at radius 3 is 2.57 bits per heavy atom. The zero-order chi connectivity index (χ0) is 20.0. The summed E-state index contributed by atoms with van der Waals surface area (Å²) in [6.45, 7) is 0. The summed E-state index contributed by atoms with van der Waals surface area (Å²) in [5.41, 5.74) is 1.13. The number of carbonyl (C=O) groups excluding carboxylic acids is 1. The quantitative estimate of drug-likeness (QED) is 0.647. The molecule has 2 aromatic carbocycles. The first-order valence-electron chi connectivity index (χ1n) is 8.26. The molecule has 0 saturated carbocycles. The second kappa shape index (κ2) is 6.79. The van der Waals surface area contributed by atoms with E-state index >= 15 is 0 Å². The van der Waals surface area contributed by atoms with Gasteiger partial charge in [-0.15, -0.1) is 11.3 Å². The highest BCUT2D eigenvalue weighted by Crippen LogP contribution is 2.49. The Labute approximate surface area is 161 Å². The largest absolute Gasteiger partial charge is 0.477 e. The molecule has 28 heavy (non-hydrogen) atoms. The SMILES string of the molecule is O=C1C[C@@H](c2ccc(F)c(F)c2)c2sc(C(=O)O)c(-c3cccc(F)c3)c2N1. The molecule has 2 heterocycles. The predicted molar refractivity (Wildman–Crippen MR) is 98.1 cm³/mol. The van der Waals surface area contributed by atoms with Gasteiger partial charge < -0.3 is 10.4 Å². The molecule has 8 heteroatoms. The van der Waals surface area contributed by atoms with E-state index in [2.05, 4.69) is 5.32 Å². The number of hydrogen-bond acceptors (Lipinski definition) is 3. The van der Waals surface area contributed by atoms with Crippen LogP contribution in [0.3, 0.4) is 0 Å². The maximum Gasteiger partial charge on any atom is 0.346 e. The molecule has 1 amide bonds. The van der Waals surface area contributed by atoms with Crippen LogP contribution in [0.15, 0.2) is 42.5 Å². The maximum absolute atomic E-state index is 13.7. The van der Waals surface area contributed by atoms with Crippen molar-refractivity contribution in [1.29, 1.82) is 0 Å². The van der Waals surface area contributed by atoms with Gasteiger partial charge in [-0.25, -0.2) is 18.0 Å². The van der Waals surface area contributed by atoms with Gasteiger partial charge in [0.25, 0.3) is 0 Å². The van der Waals surface area contributed by atoms with E-state index in [4.69, 9.17) is 0 Å². The molecule has 4 rings (SSSR count). The van der Waals surface area contributed by atoms with Crippen LogP contribution in [0.25, 0.3) is 11.1 Å². The zero-order valence-corrected chi connectivity index (χ0v) is 14.9. The van der Waals surface area contributed by atoms with Gasteiger partial charge in [-0.3, -0.25) is 4.79 Å². The van der Waals surface area contributed by atoms with E-state index in [1.807, 2.05) is 0 Å². The van der Waals surface area contributed by atoms with Gasteiger partial charge in [0.1, 0.15) is 10.7 Å². The molecule has 0 aliphatic carbocycles. The molecule has 142 valence electrons. The lowest BCUT2D eigenvalue weighted by atomic mass is 9.88. The lowest BCUT2D eigenvalue weighted by Crippen LogP contribution is -2.22.